The molecule has 3 aromatic rings. The zero-order valence-electron chi connectivity index (χ0n) is 19.9. The van der Waals surface area contributed by atoms with Crippen LogP contribution in [-0.4, -0.2) is 80.8 Å². The first-order chi connectivity index (χ1) is 17.3. The molecule has 0 bridgehead atoms. The number of aromatic nitrogens is 4. The summed E-state index contributed by atoms with van der Waals surface area (Å²) >= 11 is 6.63. The van der Waals surface area contributed by atoms with Gasteiger partial charge in [0.15, 0.2) is 0 Å². The van der Waals surface area contributed by atoms with Gasteiger partial charge in [0.05, 0.1) is 59.0 Å². The molecule has 2 aliphatic heterocycles. The molecule has 2 saturated heterocycles. The summed E-state index contributed by atoms with van der Waals surface area (Å²) in [5.41, 5.74) is 1.22. The lowest BCUT2D eigenvalue weighted by Gasteiger charge is -2.45. The van der Waals surface area contributed by atoms with Crippen LogP contribution >= 0.6 is 11.6 Å². The molecular weight excluding hydrogens is 492 g/mol. The molecule has 3 aliphatic rings. The van der Waals surface area contributed by atoms with E-state index in [-0.39, 0.29) is 28.9 Å². The first kappa shape index (κ1) is 23.8. The van der Waals surface area contributed by atoms with Crippen molar-refractivity contribution in [3.63, 3.8) is 0 Å². The Balaban J connectivity index is 1.22. The number of hydrogen-bond acceptors (Lipinski definition) is 8. The smallest absolute Gasteiger partial charge is 0.282 e. The summed E-state index contributed by atoms with van der Waals surface area (Å²) in [4.78, 5) is 13.4. The molecule has 2 aromatic heterocycles. The van der Waals surface area contributed by atoms with E-state index in [9.17, 15) is 13.9 Å². The van der Waals surface area contributed by atoms with E-state index in [1.54, 1.807) is 6.20 Å². The van der Waals surface area contributed by atoms with E-state index in [2.05, 4.69) is 30.2 Å². The predicted octanol–water partition coefficient (Wildman–Crippen LogP) is 3.77. The monoisotopic (exact) mass is 519 g/mol. The van der Waals surface area contributed by atoms with Gasteiger partial charge >= 0.3 is 0 Å². The van der Waals surface area contributed by atoms with Crippen LogP contribution < -0.4 is 10.2 Å². The highest BCUT2D eigenvalue weighted by Gasteiger charge is 2.44. The zero-order valence-corrected chi connectivity index (χ0v) is 20.6. The van der Waals surface area contributed by atoms with Gasteiger partial charge < -0.3 is 20.1 Å². The number of alkyl halides is 2. The van der Waals surface area contributed by atoms with Crippen molar-refractivity contribution in [1.82, 2.24) is 24.6 Å². The second-order valence-electron chi connectivity index (χ2n) is 9.96. The molecule has 4 heterocycles. The Morgan fingerprint density at radius 2 is 1.97 bits per heavy atom. The Morgan fingerprint density at radius 1 is 1.19 bits per heavy atom. The number of benzene rings is 1. The number of anilines is 3. The number of rotatable bonds is 6. The second-order valence-corrected chi connectivity index (χ2v) is 10.4. The number of fused-ring (bicyclic) bond motifs is 1. The second kappa shape index (κ2) is 9.05. The van der Waals surface area contributed by atoms with Gasteiger partial charge in [0, 0.05) is 37.8 Å². The quantitative estimate of drug-likeness (QED) is 0.508. The molecule has 2 atom stereocenters. The lowest BCUT2D eigenvalue weighted by molar-refractivity contribution is 0.00884. The molecule has 1 unspecified atom stereocenters. The van der Waals surface area contributed by atoms with Crippen LogP contribution in [0.15, 0.2) is 24.5 Å². The third-order valence-corrected chi connectivity index (χ3v) is 7.86. The van der Waals surface area contributed by atoms with Gasteiger partial charge in [-0.3, -0.25) is 9.58 Å². The fraction of sp³-hybridized carbons (Fsp3) is 0.542. The van der Waals surface area contributed by atoms with E-state index >= 15 is 0 Å². The number of aliphatic hydroxyl groups is 1. The lowest BCUT2D eigenvalue weighted by Crippen LogP contribution is -2.60. The van der Waals surface area contributed by atoms with Crippen molar-refractivity contribution in [2.45, 2.75) is 43.9 Å². The first-order valence-corrected chi connectivity index (χ1v) is 12.6. The number of ether oxygens (including phenoxy) is 1. The van der Waals surface area contributed by atoms with Crippen molar-refractivity contribution in [3.8, 4) is 0 Å². The van der Waals surface area contributed by atoms with E-state index in [0.29, 0.717) is 23.8 Å². The van der Waals surface area contributed by atoms with Crippen molar-refractivity contribution in [3.05, 3.63) is 35.2 Å². The lowest BCUT2D eigenvalue weighted by atomic mass is 9.95. The average Bonchev–Trinajstić information content (AvgIpc) is 3.54. The van der Waals surface area contributed by atoms with Crippen LogP contribution in [0.2, 0.25) is 5.02 Å². The molecule has 0 spiro atoms. The van der Waals surface area contributed by atoms with Crippen molar-refractivity contribution in [1.29, 1.82) is 0 Å². The molecular formula is C24H28ClF2N7O2. The van der Waals surface area contributed by atoms with E-state index in [4.69, 9.17) is 16.3 Å². The Bertz CT molecular complexity index is 1280. The van der Waals surface area contributed by atoms with Crippen LogP contribution in [0.3, 0.4) is 0 Å². The van der Waals surface area contributed by atoms with Crippen molar-refractivity contribution < 1.29 is 18.6 Å². The summed E-state index contributed by atoms with van der Waals surface area (Å²) in [7, 11) is 0. The Kier molecular flexibility index (Phi) is 5.98. The molecule has 3 fully saturated rings. The SMILES string of the molecule is C[C@@]1(N2CCN(c3cc4nc(Nc5cnn(C6CC6)c5C(F)F)ncc4cc3Cl)CC2)COCC1O. The highest BCUT2D eigenvalue weighted by atomic mass is 35.5. The third kappa shape index (κ3) is 4.17. The molecule has 192 valence electrons. The fourth-order valence-electron chi connectivity index (χ4n) is 5.17. The van der Waals surface area contributed by atoms with Crippen LogP contribution in [-0.2, 0) is 4.74 Å². The maximum Gasteiger partial charge on any atom is 0.282 e. The number of aliphatic hydroxyl groups excluding tert-OH is 1. The molecule has 2 N–H and O–H groups in total. The number of nitrogens with one attached hydrogen (secondary N) is 1. The number of halogens is 3. The van der Waals surface area contributed by atoms with Gasteiger partial charge in [-0.1, -0.05) is 11.6 Å². The fourth-order valence-corrected chi connectivity index (χ4v) is 5.46. The molecule has 1 aliphatic carbocycles. The molecule has 9 nitrogen and oxygen atoms in total. The molecule has 36 heavy (non-hydrogen) atoms. The Morgan fingerprint density at radius 3 is 2.64 bits per heavy atom. The highest BCUT2D eigenvalue weighted by Crippen LogP contribution is 2.40. The third-order valence-electron chi connectivity index (χ3n) is 7.56. The largest absolute Gasteiger partial charge is 0.389 e. The minimum Gasteiger partial charge on any atom is -0.389 e. The average molecular weight is 520 g/mol. The minimum absolute atomic E-state index is 0.0410. The van der Waals surface area contributed by atoms with Crippen molar-refractivity contribution in [2.24, 2.45) is 0 Å². The van der Waals surface area contributed by atoms with E-state index in [1.165, 1.54) is 10.9 Å². The van der Waals surface area contributed by atoms with Crippen LogP contribution in [0.4, 0.5) is 26.1 Å². The van der Waals surface area contributed by atoms with Crippen LogP contribution in [0, 0.1) is 0 Å². The zero-order chi connectivity index (χ0) is 25.0. The maximum absolute atomic E-state index is 13.8. The van der Waals surface area contributed by atoms with Crippen molar-refractivity contribution in [2.75, 3.05) is 49.6 Å². The summed E-state index contributed by atoms with van der Waals surface area (Å²) in [5.74, 6) is 0.223. The molecule has 1 aromatic carbocycles. The number of piperazine rings is 1. The molecule has 6 rings (SSSR count). The van der Waals surface area contributed by atoms with Gasteiger partial charge in [-0.25, -0.2) is 18.7 Å². The summed E-state index contributed by atoms with van der Waals surface area (Å²) < 4.78 is 34.4. The van der Waals surface area contributed by atoms with Gasteiger partial charge in [0.25, 0.3) is 6.43 Å². The van der Waals surface area contributed by atoms with Crippen LogP contribution in [0.1, 0.15) is 37.9 Å². The summed E-state index contributed by atoms with van der Waals surface area (Å²) in [6.07, 6.45) is 1.61. The topological polar surface area (TPSA) is 91.6 Å². The van der Waals surface area contributed by atoms with Crippen molar-refractivity contribution >= 4 is 39.8 Å². The number of hydrogen-bond donors (Lipinski definition) is 2. The van der Waals surface area contributed by atoms with E-state index in [0.717, 1.165) is 50.1 Å². The molecule has 1 saturated carbocycles. The normalized spacial score (nSPS) is 25.3. The van der Waals surface area contributed by atoms with Gasteiger partial charge in [-0.15, -0.1) is 0 Å². The summed E-state index contributed by atoms with van der Waals surface area (Å²) in [5, 5.41) is 18.8. The number of nitrogens with zero attached hydrogens (tertiary/aromatic N) is 6. The van der Waals surface area contributed by atoms with Crippen LogP contribution in [0.25, 0.3) is 10.9 Å². The highest BCUT2D eigenvalue weighted by molar-refractivity contribution is 6.34. The van der Waals surface area contributed by atoms with E-state index in [1.807, 2.05) is 19.1 Å². The minimum atomic E-state index is -2.65. The van der Waals surface area contributed by atoms with Gasteiger partial charge in [-0.2, -0.15) is 5.10 Å². The predicted molar refractivity (Wildman–Crippen MR) is 132 cm³/mol. The Hall–Kier alpha value is -2.60. The standard InChI is InChI=1S/C24H28ClF2N7O2/c1-24(13-36-12-20(24)35)33-6-4-32(5-7-33)19-9-17-14(8-16(19)25)10-28-23(30-17)31-18-11-29-34(15-2-3-15)21(18)22(26)27/h8-11,15,20,22,35H,2-7,12-13H2,1H3,(H,28,30,31)/t20?,24-/m1/s1. The first-order valence-electron chi connectivity index (χ1n) is 12.2. The van der Waals surface area contributed by atoms with Gasteiger partial charge in [-0.05, 0) is 31.9 Å². The van der Waals surface area contributed by atoms with Gasteiger partial charge in [0.2, 0.25) is 5.95 Å². The summed E-state index contributed by atoms with van der Waals surface area (Å²) in [6.45, 7) is 5.94. The van der Waals surface area contributed by atoms with E-state index < -0.39 is 12.5 Å². The molecule has 12 heteroatoms. The molecule has 0 amide bonds. The Labute approximate surface area is 212 Å². The van der Waals surface area contributed by atoms with Gasteiger partial charge in [0.1, 0.15) is 5.69 Å². The van der Waals surface area contributed by atoms with Crippen LogP contribution in [0.5, 0.6) is 0 Å². The maximum atomic E-state index is 13.8. The summed E-state index contributed by atoms with van der Waals surface area (Å²) in [6, 6.07) is 3.78. The molecule has 0 radical (unpaired) electrons.